The van der Waals surface area contributed by atoms with Crippen LogP contribution < -0.4 is 10.6 Å². The number of amides is 2. The normalized spacial score (nSPS) is 10.0. The number of aromatic nitrogens is 1. The van der Waals surface area contributed by atoms with Crippen molar-refractivity contribution in [3.8, 4) is 0 Å². The average Bonchev–Trinajstić information content (AvgIpc) is 2.48. The van der Waals surface area contributed by atoms with Gasteiger partial charge in [0.05, 0.1) is 10.6 Å². The highest BCUT2D eigenvalue weighted by Gasteiger charge is 2.10. The molecule has 108 valence electrons. The summed E-state index contributed by atoms with van der Waals surface area (Å²) < 4.78 is 0. The topological polar surface area (TPSA) is 71.1 Å². The minimum Gasteiger partial charge on any atom is -0.352 e. The van der Waals surface area contributed by atoms with E-state index in [1.165, 1.54) is 12.4 Å². The van der Waals surface area contributed by atoms with Crippen molar-refractivity contribution < 1.29 is 9.59 Å². The minimum absolute atomic E-state index is 0.146. The van der Waals surface area contributed by atoms with Crippen LogP contribution in [-0.4, -0.2) is 23.3 Å². The number of carbonyl (C=O) groups is 2. The second-order valence-electron chi connectivity index (χ2n) is 4.25. The molecule has 2 aromatic rings. The molecule has 0 unspecified atom stereocenters. The lowest BCUT2D eigenvalue weighted by Gasteiger charge is -2.07. The summed E-state index contributed by atoms with van der Waals surface area (Å²) in [6, 6.07) is 8.17. The second-order valence-corrected chi connectivity index (χ2v) is 4.65. The summed E-state index contributed by atoms with van der Waals surface area (Å²) in [7, 11) is 0. The van der Waals surface area contributed by atoms with E-state index in [1.807, 2.05) is 6.92 Å². The fourth-order valence-corrected chi connectivity index (χ4v) is 1.93. The highest BCUT2D eigenvalue weighted by atomic mass is 35.5. The molecule has 0 aliphatic rings. The number of anilines is 1. The van der Waals surface area contributed by atoms with Gasteiger partial charge in [-0.2, -0.15) is 0 Å². The van der Waals surface area contributed by atoms with E-state index in [9.17, 15) is 9.59 Å². The van der Waals surface area contributed by atoms with Gasteiger partial charge in [-0.05, 0) is 37.3 Å². The van der Waals surface area contributed by atoms with E-state index in [-0.39, 0.29) is 16.8 Å². The number of hydrogen-bond donors (Lipinski definition) is 2. The Kier molecular flexibility index (Phi) is 4.90. The molecule has 21 heavy (non-hydrogen) atoms. The third kappa shape index (κ3) is 3.79. The van der Waals surface area contributed by atoms with Crippen molar-refractivity contribution in [3.63, 3.8) is 0 Å². The highest BCUT2D eigenvalue weighted by molar-refractivity contribution is 6.34. The summed E-state index contributed by atoms with van der Waals surface area (Å²) in [5.74, 6) is -0.472. The fourth-order valence-electron chi connectivity index (χ4n) is 1.73. The fraction of sp³-hybridized carbons (Fsp3) is 0.133. The Bertz CT molecular complexity index is 656. The molecule has 0 fully saturated rings. The number of halogens is 1. The summed E-state index contributed by atoms with van der Waals surface area (Å²) in [5.41, 5.74) is 1.47. The van der Waals surface area contributed by atoms with Gasteiger partial charge in [-0.3, -0.25) is 14.6 Å². The van der Waals surface area contributed by atoms with Gasteiger partial charge in [0.1, 0.15) is 0 Å². The van der Waals surface area contributed by atoms with Crippen LogP contribution in [0.15, 0.2) is 42.7 Å². The quantitative estimate of drug-likeness (QED) is 0.912. The van der Waals surface area contributed by atoms with Crippen molar-refractivity contribution >= 4 is 29.1 Å². The van der Waals surface area contributed by atoms with Gasteiger partial charge in [0.15, 0.2) is 0 Å². The molecule has 0 bridgehead atoms. The van der Waals surface area contributed by atoms with Gasteiger partial charge in [-0.25, -0.2) is 0 Å². The van der Waals surface area contributed by atoms with Crippen LogP contribution in [0.25, 0.3) is 0 Å². The SMILES string of the molecule is CCNC(=O)c1ccc(NC(=O)c2ccncc2Cl)cc1. The van der Waals surface area contributed by atoms with Crippen LogP contribution >= 0.6 is 11.6 Å². The first-order valence-corrected chi connectivity index (χ1v) is 6.78. The van der Waals surface area contributed by atoms with Gasteiger partial charge in [0.25, 0.3) is 11.8 Å². The van der Waals surface area contributed by atoms with Crippen molar-refractivity contribution in [1.82, 2.24) is 10.3 Å². The van der Waals surface area contributed by atoms with Crippen LogP contribution in [0.4, 0.5) is 5.69 Å². The molecule has 6 heteroatoms. The Balaban J connectivity index is 2.09. The molecule has 0 aliphatic carbocycles. The second kappa shape index (κ2) is 6.85. The Morgan fingerprint density at radius 3 is 2.48 bits per heavy atom. The zero-order valence-electron chi connectivity index (χ0n) is 11.4. The zero-order chi connectivity index (χ0) is 15.2. The van der Waals surface area contributed by atoms with Crippen LogP contribution in [0, 0.1) is 0 Å². The van der Waals surface area contributed by atoms with Crippen LogP contribution in [0.2, 0.25) is 5.02 Å². The van der Waals surface area contributed by atoms with Crippen LogP contribution in [-0.2, 0) is 0 Å². The van der Waals surface area contributed by atoms with Crippen molar-refractivity contribution in [2.45, 2.75) is 6.92 Å². The highest BCUT2D eigenvalue weighted by Crippen LogP contribution is 2.16. The molecule has 0 atom stereocenters. The van der Waals surface area contributed by atoms with Gasteiger partial charge in [0.2, 0.25) is 0 Å². The minimum atomic E-state index is -0.326. The molecule has 1 heterocycles. The van der Waals surface area contributed by atoms with Gasteiger partial charge in [-0.1, -0.05) is 11.6 Å². The third-order valence-electron chi connectivity index (χ3n) is 2.76. The van der Waals surface area contributed by atoms with Crippen LogP contribution in [0.1, 0.15) is 27.6 Å². The van der Waals surface area contributed by atoms with Crippen LogP contribution in [0.5, 0.6) is 0 Å². The largest absolute Gasteiger partial charge is 0.352 e. The lowest BCUT2D eigenvalue weighted by Crippen LogP contribution is -2.22. The molecule has 1 aromatic heterocycles. The lowest BCUT2D eigenvalue weighted by molar-refractivity contribution is 0.0955. The molecule has 0 saturated heterocycles. The summed E-state index contributed by atoms with van der Waals surface area (Å²) >= 11 is 5.91. The molecule has 2 amide bonds. The molecule has 0 radical (unpaired) electrons. The maximum absolute atomic E-state index is 12.1. The molecule has 1 aromatic carbocycles. The Morgan fingerprint density at radius 1 is 1.14 bits per heavy atom. The Labute approximate surface area is 127 Å². The van der Waals surface area contributed by atoms with E-state index in [4.69, 9.17) is 11.6 Å². The van der Waals surface area contributed by atoms with Crippen molar-refractivity contribution in [1.29, 1.82) is 0 Å². The average molecular weight is 304 g/mol. The first-order chi connectivity index (χ1) is 10.1. The van der Waals surface area contributed by atoms with E-state index in [1.54, 1.807) is 30.3 Å². The lowest BCUT2D eigenvalue weighted by atomic mass is 10.2. The molecule has 0 saturated carbocycles. The standard InChI is InChI=1S/C15H14ClN3O2/c1-2-18-14(20)10-3-5-11(6-4-10)19-15(21)12-7-8-17-9-13(12)16/h3-9H,2H2,1H3,(H,18,20)(H,19,21). The number of hydrogen-bond acceptors (Lipinski definition) is 3. The van der Waals surface area contributed by atoms with Gasteiger partial charge in [-0.15, -0.1) is 0 Å². The summed E-state index contributed by atoms with van der Waals surface area (Å²) in [4.78, 5) is 27.5. The van der Waals surface area contributed by atoms with Gasteiger partial charge in [0, 0.05) is 30.2 Å². The first-order valence-electron chi connectivity index (χ1n) is 6.41. The predicted molar refractivity (Wildman–Crippen MR) is 81.6 cm³/mol. The predicted octanol–water partition coefficient (Wildman–Crippen LogP) is 2.74. The maximum atomic E-state index is 12.1. The van der Waals surface area contributed by atoms with Crippen LogP contribution in [0.3, 0.4) is 0 Å². The molecular weight excluding hydrogens is 290 g/mol. The van der Waals surface area contributed by atoms with E-state index in [0.717, 1.165) is 0 Å². The number of pyridine rings is 1. The van der Waals surface area contributed by atoms with E-state index >= 15 is 0 Å². The summed E-state index contributed by atoms with van der Waals surface area (Å²) in [6.45, 7) is 2.42. The maximum Gasteiger partial charge on any atom is 0.257 e. The number of carbonyl (C=O) groups excluding carboxylic acids is 2. The molecule has 0 aliphatic heterocycles. The number of benzene rings is 1. The van der Waals surface area contributed by atoms with E-state index in [2.05, 4.69) is 15.6 Å². The molecule has 5 nitrogen and oxygen atoms in total. The Morgan fingerprint density at radius 2 is 1.86 bits per heavy atom. The molecule has 0 spiro atoms. The number of nitrogens with one attached hydrogen (secondary N) is 2. The summed E-state index contributed by atoms with van der Waals surface area (Å²) in [6.07, 6.45) is 2.91. The number of nitrogens with zero attached hydrogens (tertiary/aromatic N) is 1. The number of rotatable bonds is 4. The summed E-state index contributed by atoms with van der Waals surface area (Å²) in [5, 5.41) is 5.71. The monoisotopic (exact) mass is 303 g/mol. The van der Waals surface area contributed by atoms with E-state index < -0.39 is 0 Å². The van der Waals surface area contributed by atoms with Crippen molar-refractivity contribution in [3.05, 3.63) is 58.9 Å². The zero-order valence-corrected chi connectivity index (χ0v) is 12.1. The molecular formula is C15H14ClN3O2. The Hall–Kier alpha value is -2.40. The first kappa shape index (κ1) is 15.0. The van der Waals surface area contributed by atoms with Gasteiger partial charge < -0.3 is 10.6 Å². The van der Waals surface area contributed by atoms with E-state index in [0.29, 0.717) is 23.4 Å². The van der Waals surface area contributed by atoms with Crippen molar-refractivity contribution in [2.75, 3.05) is 11.9 Å². The molecule has 2 rings (SSSR count). The third-order valence-corrected chi connectivity index (χ3v) is 3.06. The molecule has 2 N–H and O–H groups in total. The van der Waals surface area contributed by atoms with Crippen molar-refractivity contribution in [2.24, 2.45) is 0 Å². The smallest absolute Gasteiger partial charge is 0.257 e. The van der Waals surface area contributed by atoms with Gasteiger partial charge >= 0.3 is 0 Å².